The number of rotatable bonds is 4. The first-order valence-corrected chi connectivity index (χ1v) is 9.04. The first-order valence-electron chi connectivity index (χ1n) is 9.04. The van der Waals surface area contributed by atoms with E-state index in [1.807, 2.05) is 4.90 Å². The third-order valence-electron chi connectivity index (χ3n) is 5.59. The van der Waals surface area contributed by atoms with Crippen molar-refractivity contribution in [1.82, 2.24) is 15.5 Å². The van der Waals surface area contributed by atoms with Crippen LogP contribution in [0.25, 0.3) is 0 Å². The van der Waals surface area contributed by atoms with Crippen LogP contribution in [0.1, 0.15) is 51.4 Å². The predicted molar refractivity (Wildman–Crippen MR) is 87.0 cm³/mol. The monoisotopic (exact) mass is 323 g/mol. The van der Waals surface area contributed by atoms with Crippen LogP contribution in [0, 0.1) is 5.92 Å². The molecule has 1 aliphatic heterocycles. The highest BCUT2D eigenvalue weighted by Crippen LogP contribution is 2.28. The van der Waals surface area contributed by atoms with Crippen molar-refractivity contribution in [2.75, 3.05) is 20.2 Å². The van der Waals surface area contributed by atoms with Crippen LogP contribution in [-0.2, 0) is 9.53 Å². The van der Waals surface area contributed by atoms with E-state index < -0.39 is 0 Å². The number of nitrogens with one attached hydrogen (secondary N) is 2. The Morgan fingerprint density at radius 2 is 1.61 bits per heavy atom. The highest BCUT2D eigenvalue weighted by atomic mass is 16.5. The lowest BCUT2D eigenvalue weighted by Gasteiger charge is -2.20. The van der Waals surface area contributed by atoms with Crippen molar-refractivity contribution in [2.45, 2.75) is 69.6 Å². The van der Waals surface area contributed by atoms with Crippen molar-refractivity contribution in [1.29, 1.82) is 0 Å². The van der Waals surface area contributed by atoms with Crippen molar-refractivity contribution in [2.24, 2.45) is 5.92 Å². The van der Waals surface area contributed by atoms with E-state index in [-0.39, 0.29) is 30.1 Å². The topological polar surface area (TPSA) is 70.7 Å². The van der Waals surface area contributed by atoms with Crippen LogP contribution in [0.4, 0.5) is 4.79 Å². The number of hydrogen-bond acceptors (Lipinski definition) is 3. The summed E-state index contributed by atoms with van der Waals surface area (Å²) in [4.78, 5) is 26.5. The molecule has 23 heavy (non-hydrogen) atoms. The number of carbonyl (C=O) groups is 2. The second-order valence-electron chi connectivity index (χ2n) is 7.22. The summed E-state index contributed by atoms with van der Waals surface area (Å²) in [5.74, 6) is 0.397. The predicted octanol–water partition coefficient (Wildman–Crippen LogP) is 1.64. The molecule has 1 saturated heterocycles. The third-order valence-corrected chi connectivity index (χ3v) is 5.59. The Bertz CT molecular complexity index is 437. The van der Waals surface area contributed by atoms with Crippen molar-refractivity contribution in [3.8, 4) is 0 Å². The molecule has 2 saturated carbocycles. The molecule has 0 aromatic carbocycles. The highest BCUT2D eigenvalue weighted by Gasteiger charge is 2.34. The van der Waals surface area contributed by atoms with Crippen LogP contribution in [0.3, 0.4) is 0 Å². The molecular weight excluding hydrogens is 294 g/mol. The fraction of sp³-hybridized carbons (Fsp3) is 0.882. The van der Waals surface area contributed by atoms with Crippen molar-refractivity contribution >= 4 is 11.9 Å². The summed E-state index contributed by atoms with van der Waals surface area (Å²) in [6, 6.07) is 0.251. The number of hydrogen-bond donors (Lipinski definition) is 2. The SMILES string of the molecule is CO[C@H]1CC[C@H](NC(=O)N[C@H]2CC[C@@H](C(=O)N3CCCC3)C2)C1. The Kier molecular flexibility index (Phi) is 5.41. The molecule has 0 unspecified atom stereocenters. The third kappa shape index (κ3) is 4.16. The van der Waals surface area contributed by atoms with E-state index in [4.69, 9.17) is 4.74 Å². The van der Waals surface area contributed by atoms with Crippen molar-refractivity contribution in [3.05, 3.63) is 0 Å². The zero-order valence-electron chi connectivity index (χ0n) is 14.1. The van der Waals surface area contributed by atoms with Gasteiger partial charge in [0, 0.05) is 38.2 Å². The summed E-state index contributed by atoms with van der Waals surface area (Å²) in [5.41, 5.74) is 0. The number of carbonyl (C=O) groups excluding carboxylic acids is 2. The fourth-order valence-electron chi connectivity index (χ4n) is 4.23. The van der Waals surface area contributed by atoms with Crippen LogP contribution in [-0.4, -0.2) is 55.2 Å². The molecule has 0 radical (unpaired) electrons. The summed E-state index contributed by atoms with van der Waals surface area (Å²) in [7, 11) is 1.73. The van der Waals surface area contributed by atoms with E-state index in [0.717, 1.165) is 64.5 Å². The lowest BCUT2D eigenvalue weighted by atomic mass is 10.1. The summed E-state index contributed by atoms with van der Waals surface area (Å²) < 4.78 is 5.33. The van der Waals surface area contributed by atoms with E-state index in [1.54, 1.807) is 7.11 Å². The van der Waals surface area contributed by atoms with E-state index in [0.29, 0.717) is 5.91 Å². The molecular formula is C17H29N3O3. The van der Waals surface area contributed by atoms with Crippen molar-refractivity contribution in [3.63, 3.8) is 0 Å². The van der Waals surface area contributed by atoms with Crippen LogP contribution in [0.2, 0.25) is 0 Å². The summed E-state index contributed by atoms with van der Waals surface area (Å²) >= 11 is 0. The standard InChI is InChI=1S/C17H29N3O3/c1-23-15-7-6-14(11-15)19-17(22)18-13-5-4-12(10-13)16(21)20-8-2-3-9-20/h12-15H,2-11H2,1H3,(H2,18,19,22)/t12-,13+,14+,15+/m1/s1. The molecule has 1 heterocycles. The Hall–Kier alpha value is -1.30. The minimum absolute atomic E-state index is 0.0916. The Balaban J connectivity index is 1.39. The molecule has 130 valence electrons. The Labute approximate surface area is 138 Å². The Morgan fingerprint density at radius 3 is 2.26 bits per heavy atom. The molecule has 3 fully saturated rings. The lowest BCUT2D eigenvalue weighted by molar-refractivity contribution is -0.134. The van der Waals surface area contributed by atoms with Gasteiger partial charge in [0.2, 0.25) is 5.91 Å². The normalized spacial score (nSPS) is 33.9. The van der Waals surface area contributed by atoms with Gasteiger partial charge in [-0.2, -0.15) is 0 Å². The molecule has 0 aromatic rings. The molecule has 6 heteroatoms. The van der Waals surface area contributed by atoms with Gasteiger partial charge in [-0.25, -0.2) is 4.79 Å². The number of nitrogens with zero attached hydrogens (tertiary/aromatic N) is 1. The van der Waals surface area contributed by atoms with Gasteiger partial charge in [-0.05, 0) is 51.4 Å². The van der Waals surface area contributed by atoms with Gasteiger partial charge in [-0.1, -0.05) is 0 Å². The van der Waals surface area contributed by atoms with Crippen LogP contribution < -0.4 is 10.6 Å². The second-order valence-corrected chi connectivity index (χ2v) is 7.22. The summed E-state index contributed by atoms with van der Waals surface area (Å²) in [5, 5.41) is 6.10. The van der Waals surface area contributed by atoms with Gasteiger partial charge in [-0.15, -0.1) is 0 Å². The minimum atomic E-state index is -0.0916. The number of urea groups is 1. The summed E-state index contributed by atoms with van der Waals surface area (Å²) in [6.07, 6.45) is 8.01. The molecule has 0 bridgehead atoms. The van der Waals surface area contributed by atoms with Crippen LogP contribution >= 0.6 is 0 Å². The number of likely N-dealkylation sites (tertiary alicyclic amines) is 1. The highest BCUT2D eigenvalue weighted by molar-refractivity contribution is 5.80. The molecule has 3 rings (SSSR count). The molecule has 3 aliphatic rings. The van der Waals surface area contributed by atoms with Gasteiger partial charge in [0.05, 0.1) is 6.10 Å². The van der Waals surface area contributed by atoms with Gasteiger partial charge >= 0.3 is 6.03 Å². The molecule has 2 N–H and O–H groups in total. The van der Waals surface area contributed by atoms with Crippen LogP contribution in [0.5, 0.6) is 0 Å². The number of methoxy groups -OCH3 is 1. The van der Waals surface area contributed by atoms with Gasteiger partial charge < -0.3 is 20.3 Å². The van der Waals surface area contributed by atoms with E-state index in [1.165, 1.54) is 0 Å². The average molecular weight is 323 g/mol. The molecule has 2 aliphatic carbocycles. The molecule has 0 aromatic heterocycles. The van der Waals surface area contributed by atoms with Crippen LogP contribution in [0.15, 0.2) is 0 Å². The summed E-state index contributed by atoms with van der Waals surface area (Å²) in [6.45, 7) is 1.83. The molecule has 6 nitrogen and oxygen atoms in total. The van der Waals surface area contributed by atoms with E-state index in [2.05, 4.69) is 10.6 Å². The minimum Gasteiger partial charge on any atom is -0.381 e. The molecule has 4 atom stereocenters. The smallest absolute Gasteiger partial charge is 0.315 e. The quantitative estimate of drug-likeness (QED) is 0.826. The molecule has 3 amide bonds. The lowest BCUT2D eigenvalue weighted by Crippen LogP contribution is -2.45. The zero-order chi connectivity index (χ0) is 16.2. The fourth-order valence-corrected chi connectivity index (χ4v) is 4.23. The molecule has 0 spiro atoms. The maximum atomic E-state index is 12.4. The maximum absolute atomic E-state index is 12.4. The van der Waals surface area contributed by atoms with Gasteiger partial charge in [0.25, 0.3) is 0 Å². The largest absolute Gasteiger partial charge is 0.381 e. The van der Waals surface area contributed by atoms with E-state index >= 15 is 0 Å². The number of amides is 3. The van der Waals surface area contributed by atoms with Gasteiger partial charge in [-0.3, -0.25) is 4.79 Å². The van der Waals surface area contributed by atoms with Gasteiger partial charge in [0.15, 0.2) is 0 Å². The Morgan fingerprint density at radius 1 is 0.957 bits per heavy atom. The maximum Gasteiger partial charge on any atom is 0.315 e. The first-order chi connectivity index (χ1) is 11.2. The van der Waals surface area contributed by atoms with E-state index in [9.17, 15) is 9.59 Å². The number of ether oxygens (including phenoxy) is 1. The zero-order valence-corrected chi connectivity index (χ0v) is 14.1. The second kappa shape index (κ2) is 7.51. The van der Waals surface area contributed by atoms with Gasteiger partial charge in [0.1, 0.15) is 0 Å². The first kappa shape index (κ1) is 16.6. The average Bonchev–Trinajstić information content (AvgIpc) is 3.28. The van der Waals surface area contributed by atoms with Crippen molar-refractivity contribution < 1.29 is 14.3 Å².